The van der Waals surface area contributed by atoms with Gasteiger partial charge >= 0.3 is 6.36 Å². The van der Waals surface area contributed by atoms with E-state index in [1.807, 2.05) is 6.92 Å². The van der Waals surface area contributed by atoms with E-state index < -0.39 is 6.36 Å². The van der Waals surface area contributed by atoms with E-state index in [9.17, 15) is 22.4 Å². The van der Waals surface area contributed by atoms with Crippen molar-refractivity contribution < 1.29 is 31.8 Å². The highest BCUT2D eigenvalue weighted by atomic mass is 19.4. The minimum absolute atomic E-state index is 0.0109. The largest absolute Gasteiger partial charge is 0.573 e. The Balaban J connectivity index is 1.41. The molecule has 1 aliphatic heterocycles. The summed E-state index contributed by atoms with van der Waals surface area (Å²) in [4.78, 5) is 14.3. The van der Waals surface area contributed by atoms with E-state index in [4.69, 9.17) is 4.74 Å². The summed E-state index contributed by atoms with van der Waals surface area (Å²) in [6.07, 6.45) is -2.96. The van der Waals surface area contributed by atoms with E-state index >= 15 is 0 Å². The van der Waals surface area contributed by atoms with Gasteiger partial charge in [0, 0.05) is 25.6 Å². The van der Waals surface area contributed by atoms with Gasteiger partial charge in [-0.2, -0.15) is 0 Å². The predicted octanol–water partition coefficient (Wildman–Crippen LogP) is 5.08. The molecule has 1 fully saturated rings. The third-order valence-corrected chi connectivity index (χ3v) is 5.41. The Hall–Kier alpha value is -2.45. The zero-order chi connectivity index (χ0) is 22.4. The van der Waals surface area contributed by atoms with Crippen LogP contribution in [0.2, 0.25) is 0 Å². The van der Waals surface area contributed by atoms with Crippen LogP contribution >= 0.6 is 0 Å². The molecule has 1 heterocycles. The second kappa shape index (κ2) is 10.2. The number of piperidine rings is 1. The molecule has 2 aromatic carbocycles. The summed E-state index contributed by atoms with van der Waals surface area (Å²) >= 11 is 0. The molecule has 1 unspecified atom stereocenters. The van der Waals surface area contributed by atoms with Crippen molar-refractivity contribution in [1.82, 2.24) is 4.90 Å². The molecular weight excluding hydrogens is 414 g/mol. The van der Waals surface area contributed by atoms with Gasteiger partial charge in [0.05, 0.1) is 6.10 Å². The Morgan fingerprint density at radius 2 is 1.68 bits per heavy atom. The van der Waals surface area contributed by atoms with Crippen molar-refractivity contribution in [2.45, 2.75) is 44.7 Å². The second-order valence-electron chi connectivity index (χ2n) is 7.68. The lowest BCUT2D eigenvalue weighted by atomic mass is 10.0. The normalized spacial score (nSPS) is 16.8. The van der Waals surface area contributed by atoms with Crippen molar-refractivity contribution in [2.75, 3.05) is 19.7 Å². The Labute approximate surface area is 178 Å². The first-order valence-electron chi connectivity index (χ1n) is 10.2. The van der Waals surface area contributed by atoms with Crippen LogP contribution < -0.4 is 4.74 Å². The van der Waals surface area contributed by atoms with Gasteiger partial charge in [0.25, 0.3) is 0 Å². The van der Waals surface area contributed by atoms with Crippen LogP contribution in [-0.2, 0) is 16.0 Å². The minimum Gasteiger partial charge on any atom is -0.406 e. The van der Waals surface area contributed by atoms with Crippen molar-refractivity contribution in [2.24, 2.45) is 0 Å². The minimum atomic E-state index is -4.70. The molecule has 1 saturated heterocycles. The van der Waals surface area contributed by atoms with Gasteiger partial charge < -0.3 is 9.47 Å². The van der Waals surface area contributed by atoms with Crippen LogP contribution in [0.25, 0.3) is 0 Å². The molecule has 0 amide bonds. The first-order valence-corrected chi connectivity index (χ1v) is 10.2. The van der Waals surface area contributed by atoms with Gasteiger partial charge in [0.2, 0.25) is 0 Å². The standard InChI is InChI=1S/C23H25F4NO3/c1-16(18-4-8-22(9-5-18)31-23(25,26)27)28-12-10-21(11-13-28)30-15-20(29)14-17-2-6-19(24)7-3-17/h2-9,16,21H,10-15H2,1H3. The van der Waals surface area contributed by atoms with Crippen LogP contribution in [0.4, 0.5) is 17.6 Å². The molecule has 8 heteroatoms. The summed E-state index contributed by atoms with van der Waals surface area (Å²) in [5.41, 5.74) is 1.66. The van der Waals surface area contributed by atoms with Crippen molar-refractivity contribution in [3.63, 3.8) is 0 Å². The number of Topliss-reactive ketones (excluding diaryl/α,β-unsaturated/α-hetero) is 1. The predicted molar refractivity (Wildman–Crippen MR) is 107 cm³/mol. The summed E-state index contributed by atoms with van der Waals surface area (Å²) < 4.78 is 59.5. The van der Waals surface area contributed by atoms with Gasteiger partial charge in [-0.15, -0.1) is 13.2 Å². The molecule has 4 nitrogen and oxygen atoms in total. The van der Waals surface area contributed by atoms with Crippen molar-refractivity contribution >= 4 is 5.78 Å². The molecule has 3 rings (SSSR count). The molecule has 0 aliphatic carbocycles. The summed E-state index contributed by atoms with van der Waals surface area (Å²) in [6.45, 7) is 3.56. The van der Waals surface area contributed by atoms with Gasteiger partial charge in [-0.3, -0.25) is 9.69 Å². The number of rotatable bonds is 8. The lowest BCUT2D eigenvalue weighted by Gasteiger charge is -2.36. The second-order valence-corrected chi connectivity index (χ2v) is 7.68. The molecule has 0 radical (unpaired) electrons. The molecule has 0 bridgehead atoms. The smallest absolute Gasteiger partial charge is 0.406 e. The SMILES string of the molecule is CC(c1ccc(OC(F)(F)F)cc1)N1CCC(OCC(=O)Cc2ccc(F)cc2)CC1. The van der Waals surface area contributed by atoms with Gasteiger partial charge in [-0.05, 0) is 55.2 Å². The Bertz CT molecular complexity index is 845. The maximum Gasteiger partial charge on any atom is 0.573 e. The topological polar surface area (TPSA) is 38.8 Å². The highest BCUT2D eigenvalue weighted by Gasteiger charge is 2.31. The monoisotopic (exact) mass is 439 g/mol. The molecule has 0 saturated carbocycles. The van der Waals surface area contributed by atoms with E-state index in [1.54, 1.807) is 24.3 Å². The number of halogens is 4. The van der Waals surface area contributed by atoms with E-state index in [0.29, 0.717) is 0 Å². The van der Waals surface area contributed by atoms with Crippen molar-refractivity contribution in [3.05, 3.63) is 65.5 Å². The summed E-state index contributed by atoms with van der Waals surface area (Å²) in [5.74, 6) is -0.622. The first-order chi connectivity index (χ1) is 14.7. The van der Waals surface area contributed by atoms with Gasteiger partial charge in [-0.1, -0.05) is 24.3 Å². The first kappa shape index (κ1) is 23.2. The molecule has 1 atom stereocenters. The van der Waals surface area contributed by atoms with E-state index in [2.05, 4.69) is 9.64 Å². The van der Waals surface area contributed by atoms with Crippen LogP contribution in [-0.4, -0.2) is 42.8 Å². The highest BCUT2D eigenvalue weighted by molar-refractivity contribution is 5.82. The van der Waals surface area contributed by atoms with Gasteiger partial charge in [0.15, 0.2) is 5.78 Å². The van der Waals surface area contributed by atoms with Crippen LogP contribution in [0.1, 0.15) is 36.9 Å². The zero-order valence-corrected chi connectivity index (χ0v) is 17.2. The number of nitrogens with zero attached hydrogens (tertiary/aromatic N) is 1. The number of likely N-dealkylation sites (tertiary alicyclic amines) is 1. The lowest BCUT2D eigenvalue weighted by molar-refractivity contribution is -0.274. The number of alkyl halides is 3. The molecule has 0 spiro atoms. The third-order valence-electron chi connectivity index (χ3n) is 5.41. The lowest BCUT2D eigenvalue weighted by Crippen LogP contribution is -2.39. The number of carbonyl (C=O) groups is 1. The van der Waals surface area contributed by atoms with Crippen LogP contribution in [0.5, 0.6) is 5.75 Å². The maximum atomic E-state index is 12.9. The van der Waals surface area contributed by atoms with E-state index in [1.165, 1.54) is 24.3 Å². The molecule has 2 aromatic rings. The number of benzene rings is 2. The number of carbonyl (C=O) groups excluding carboxylic acids is 1. The molecule has 0 aromatic heterocycles. The quantitative estimate of drug-likeness (QED) is 0.538. The maximum absolute atomic E-state index is 12.9. The van der Waals surface area contributed by atoms with Crippen LogP contribution in [0, 0.1) is 5.82 Å². The van der Waals surface area contributed by atoms with Gasteiger partial charge in [0.1, 0.15) is 18.2 Å². The number of ketones is 1. The van der Waals surface area contributed by atoms with Crippen molar-refractivity contribution in [1.29, 1.82) is 0 Å². The molecular formula is C23H25F4NO3. The number of ether oxygens (including phenoxy) is 2. The zero-order valence-electron chi connectivity index (χ0n) is 17.2. The summed E-state index contributed by atoms with van der Waals surface area (Å²) in [6, 6.07) is 11.8. The third kappa shape index (κ3) is 7.33. The fourth-order valence-electron chi connectivity index (χ4n) is 3.68. The van der Waals surface area contributed by atoms with E-state index in [0.717, 1.165) is 37.1 Å². The van der Waals surface area contributed by atoms with Gasteiger partial charge in [-0.25, -0.2) is 4.39 Å². The number of hydrogen-bond acceptors (Lipinski definition) is 4. The van der Waals surface area contributed by atoms with E-state index in [-0.39, 0.29) is 42.5 Å². The molecule has 0 N–H and O–H groups in total. The molecule has 168 valence electrons. The Kier molecular flexibility index (Phi) is 7.67. The average Bonchev–Trinajstić information content (AvgIpc) is 2.73. The highest BCUT2D eigenvalue weighted by Crippen LogP contribution is 2.28. The fourth-order valence-corrected chi connectivity index (χ4v) is 3.68. The Morgan fingerprint density at radius 1 is 1.06 bits per heavy atom. The number of hydrogen-bond donors (Lipinski definition) is 0. The van der Waals surface area contributed by atoms with Crippen LogP contribution in [0.3, 0.4) is 0 Å². The average molecular weight is 439 g/mol. The fraction of sp³-hybridized carbons (Fsp3) is 0.435. The molecule has 31 heavy (non-hydrogen) atoms. The summed E-state index contributed by atoms with van der Waals surface area (Å²) in [7, 11) is 0. The molecule has 1 aliphatic rings. The van der Waals surface area contributed by atoms with Crippen molar-refractivity contribution in [3.8, 4) is 5.75 Å². The summed E-state index contributed by atoms with van der Waals surface area (Å²) in [5, 5.41) is 0. The van der Waals surface area contributed by atoms with Crippen LogP contribution in [0.15, 0.2) is 48.5 Å². The Morgan fingerprint density at radius 3 is 2.26 bits per heavy atom.